The standard InChI is InChI=1S/C30H24F6N2O2S/c1-15-18(13-19-20(30(34,35)36)9-6-11-22(19)32)29-38(23(14-41-29)27(37)16-7-3-4-10-21(16)31)28(39)25(15)17-8-5-12-24(40-2)26(17)33/h3-12,23,27H,13-14,37H2,1-2H3/t23-,27?/m0/s1. The molecule has 1 aliphatic rings. The van der Waals surface area contributed by atoms with Gasteiger partial charge in [0.25, 0.3) is 5.56 Å². The highest BCUT2D eigenvalue weighted by molar-refractivity contribution is 7.99. The van der Waals surface area contributed by atoms with E-state index in [0.29, 0.717) is 0 Å². The molecule has 1 unspecified atom stereocenters. The summed E-state index contributed by atoms with van der Waals surface area (Å²) in [5.41, 5.74) is 4.35. The van der Waals surface area contributed by atoms with E-state index in [9.17, 15) is 26.7 Å². The SMILES string of the molecule is COc1cccc(-c2c(C)c(Cc3c(F)cccc3C(F)(F)F)c3n(c2=O)[C@H](C(N)c2ccccc2F)CS3)c1F. The second-order valence-corrected chi connectivity index (χ2v) is 10.7. The van der Waals surface area contributed by atoms with E-state index in [1.807, 2.05) is 0 Å². The Morgan fingerprint density at radius 1 is 1.00 bits per heavy atom. The summed E-state index contributed by atoms with van der Waals surface area (Å²) in [4.78, 5) is 14.1. The van der Waals surface area contributed by atoms with E-state index in [2.05, 4.69) is 0 Å². The molecule has 11 heteroatoms. The number of fused-ring (bicyclic) bond motifs is 1. The fourth-order valence-corrected chi connectivity index (χ4v) is 6.75. The van der Waals surface area contributed by atoms with Crippen LogP contribution in [0.25, 0.3) is 11.1 Å². The number of hydrogen-bond acceptors (Lipinski definition) is 4. The predicted octanol–water partition coefficient (Wildman–Crippen LogP) is 7.21. The first kappa shape index (κ1) is 28.8. The van der Waals surface area contributed by atoms with Crippen LogP contribution < -0.4 is 16.0 Å². The van der Waals surface area contributed by atoms with Gasteiger partial charge in [-0.3, -0.25) is 9.36 Å². The first-order chi connectivity index (χ1) is 19.5. The average molecular weight is 591 g/mol. The van der Waals surface area contributed by atoms with Crippen LogP contribution >= 0.6 is 11.8 Å². The summed E-state index contributed by atoms with van der Waals surface area (Å²) in [5, 5.41) is 0.271. The smallest absolute Gasteiger partial charge is 0.416 e. The molecule has 0 radical (unpaired) electrons. The highest BCUT2D eigenvalue weighted by Crippen LogP contribution is 2.45. The Bertz CT molecular complexity index is 1700. The number of rotatable bonds is 6. The van der Waals surface area contributed by atoms with E-state index < -0.39 is 58.8 Å². The second-order valence-electron chi connectivity index (χ2n) is 9.65. The van der Waals surface area contributed by atoms with Gasteiger partial charge < -0.3 is 10.5 Å². The fourth-order valence-electron chi connectivity index (χ4n) is 5.31. The third kappa shape index (κ3) is 5.01. The molecule has 2 heterocycles. The molecule has 4 nitrogen and oxygen atoms in total. The summed E-state index contributed by atoms with van der Waals surface area (Å²) >= 11 is 1.15. The Morgan fingerprint density at radius 3 is 2.37 bits per heavy atom. The molecule has 1 aliphatic heterocycles. The van der Waals surface area contributed by atoms with Gasteiger partial charge in [-0.1, -0.05) is 36.4 Å². The lowest BCUT2D eigenvalue weighted by Gasteiger charge is -2.25. The van der Waals surface area contributed by atoms with Crippen LogP contribution in [-0.2, 0) is 12.6 Å². The van der Waals surface area contributed by atoms with Crippen LogP contribution in [0.3, 0.4) is 0 Å². The highest BCUT2D eigenvalue weighted by Gasteiger charge is 2.38. The summed E-state index contributed by atoms with van der Waals surface area (Å²) in [6.07, 6.45) is -5.37. The van der Waals surface area contributed by atoms with Crippen molar-refractivity contribution in [1.29, 1.82) is 0 Å². The van der Waals surface area contributed by atoms with Crippen molar-refractivity contribution in [2.75, 3.05) is 12.9 Å². The van der Waals surface area contributed by atoms with Crippen LogP contribution in [0.15, 0.2) is 70.5 Å². The number of methoxy groups -OCH3 is 1. The van der Waals surface area contributed by atoms with Gasteiger partial charge in [0.2, 0.25) is 0 Å². The lowest BCUT2D eigenvalue weighted by molar-refractivity contribution is -0.138. The second kappa shape index (κ2) is 10.9. The monoisotopic (exact) mass is 590 g/mol. The average Bonchev–Trinajstić information content (AvgIpc) is 3.37. The normalized spacial score (nSPS) is 15.6. The third-order valence-electron chi connectivity index (χ3n) is 7.37. The van der Waals surface area contributed by atoms with Crippen molar-refractivity contribution >= 4 is 11.8 Å². The van der Waals surface area contributed by atoms with E-state index in [0.717, 1.165) is 30.0 Å². The number of alkyl halides is 3. The number of thioether (sulfide) groups is 1. The number of aromatic nitrogens is 1. The number of ether oxygens (including phenoxy) is 1. The van der Waals surface area contributed by atoms with Crippen LogP contribution in [0.4, 0.5) is 26.3 Å². The van der Waals surface area contributed by atoms with Crippen molar-refractivity contribution in [3.63, 3.8) is 0 Å². The Hall–Kier alpha value is -3.70. The van der Waals surface area contributed by atoms with Crippen molar-refractivity contribution < 1.29 is 31.1 Å². The topological polar surface area (TPSA) is 57.2 Å². The molecule has 41 heavy (non-hydrogen) atoms. The molecule has 3 aromatic carbocycles. The maximum Gasteiger partial charge on any atom is 0.416 e. The van der Waals surface area contributed by atoms with E-state index in [1.165, 1.54) is 55.0 Å². The molecule has 2 atom stereocenters. The van der Waals surface area contributed by atoms with Gasteiger partial charge >= 0.3 is 6.18 Å². The summed E-state index contributed by atoms with van der Waals surface area (Å²) in [7, 11) is 1.26. The van der Waals surface area contributed by atoms with Crippen LogP contribution in [0.2, 0.25) is 0 Å². The molecule has 214 valence electrons. The lowest BCUT2D eigenvalue weighted by Crippen LogP contribution is -2.34. The van der Waals surface area contributed by atoms with E-state index in [1.54, 1.807) is 6.07 Å². The molecule has 0 saturated carbocycles. The maximum atomic E-state index is 15.5. The summed E-state index contributed by atoms with van der Waals surface area (Å²) in [5.74, 6) is -2.45. The van der Waals surface area contributed by atoms with Gasteiger partial charge in [-0.2, -0.15) is 13.2 Å². The minimum Gasteiger partial charge on any atom is -0.494 e. The number of nitrogens with two attached hydrogens (primary N) is 1. The first-order valence-corrected chi connectivity index (χ1v) is 13.5. The summed E-state index contributed by atoms with van der Waals surface area (Å²) < 4.78 is 93.3. The molecule has 0 aliphatic carbocycles. The van der Waals surface area contributed by atoms with Crippen molar-refractivity contribution in [2.45, 2.75) is 36.6 Å². The molecule has 2 N–H and O–H groups in total. The van der Waals surface area contributed by atoms with Crippen LogP contribution in [0.1, 0.15) is 39.9 Å². The molecule has 4 aromatic rings. The summed E-state index contributed by atoms with van der Waals surface area (Å²) in [6.45, 7) is 1.49. The molecular formula is C30H24F6N2O2S. The number of nitrogens with zero attached hydrogens (tertiary/aromatic N) is 1. The van der Waals surface area contributed by atoms with Gasteiger partial charge in [0, 0.05) is 28.9 Å². The van der Waals surface area contributed by atoms with Gasteiger partial charge in [0.05, 0.1) is 35.3 Å². The maximum absolute atomic E-state index is 15.5. The molecular weight excluding hydrogens is 566 g/mol. The predicted molar refractivity (Wildman–Crippen MR) is 145 cm³/mol. The number of pyridine rings is 1. The van der Waals surface area contributed by atoms with Gasteiger partial charge in [0.15, 0.2) is 11.6 Å². The zero-order chi connectivity index (χ0) is 29.6. The van der Waals surface area contributed by atoms with Gasteiger partial charge in [-0.15, -0.1) is 11.8 Å². The number of benzene rings is 3. The van der Waals surface area contributed by atoms with Gasteiger partial charge in [-0.25, -0.2) is 13.2 Å². The van der Waals surface area contributed by atoms with E-state index in [4.69, 9.17) is 10.5 Å². The first-order valence-electron chi connectivity index (χ1n) is 12.5. The lowest BCUT2D eigenvalue weighted by atomic mass is 9.91. The largest absolute Gasteiger partial charge is 0.494 e. The van der Waals surface area contributed by atoms with E-state index in [-0.39, 0.29) is 44.3 Å². The Labute approximate surface area is 235 Å². The molecule has 5 rings (SSSR count). The molecule has 0 amide bonds. The number of hydrogen-bond donors (Lipinski definition) is 1. The number of halogens is 6. The van der Waals surface area contributed by atoms with Crippen molar-refractivity contribution in [1.82, 2.24) is 4.57 Å². The third-order valence-corrected chi connectivity index (χ3v) is 8.59. The molecule has 1 aromatic heterocycles. The fraction of sp³-hybridized carbons (Fsp3) is 0.233. The van der Waals surface area contributed by atoms with Gasteiger partial charge in [0.1, 0.15) is 11.6 Å². The molecule has 0 spiro atoms. The molecule has 0 bridgehead atoms. The van der Waals surface area contributed by atoms with Crippen molar-refractivity contribution in [3.8, 4) is 16.9 Å². The van der Waals surface area contributed by atoms with Crippen LogP contribution in [0, 0.1) is 24.4 Å². The quantitative estimate of drug-likeness (QED) is 0.241. The highest BCUT2D eigenvalue weighted by atomic mass is 32.2. The van der Waals surface area contributed by atoms with Crippen molar-refractivity contribution in [3.05, 3.63) is 116 Å². The Kier molecular flexibility index (Phi) is 7.69. The zero-order valence-electron chi connectivity index (χ0n) is 21.9. The van der Waals surface area contributed by atoms with Crippen LogP contribution in [0.5, 0.6) is 5.75 Å². The van der Waals surface area contributed by atoms with Gasteiger partial charge in [-0.05, 0) is 42.3 Å². The zero-order valence-corrected chi connectivity index (χ0v) is 22.7. The van der Waals surface area contributed by atoms with Crippen molar-refractivity contribution in [2.24, 2.45) is 5.73 Å². The van der Waals surface area contributed by atoms with E-state index >= 15 is 4.39 Å². The minimum absolute atomic E-state index is 0.127. The summed E-state index contributed by atoms with van der Waals surface area (Å²) in [6, 6.07) is 10.9. The Morgan fingerprint density at radius 2 is 1.68 bits per heavy atom. The molecule has 0 saturated heterocycles. The van der Waals surface area contributed by atoms with Crippen LogP contribution in [-0.4, -0.2) is 17.4 Å². The minimum atomic E-state index is -4.84. The molecule has 0 fully saturated rings. The Balaban J connectivity index is 1.79.